The number of hydrogen-bond donors (Lipinski definition) is 1. The molecule has 27 heavy (non-hydrogen) atoms. The second kappa shape index (κ2) is 10.7. The monoisotopic (exact) mass is 404 g/mol. The van der Waals surface area contributed by atoms with Gasteiger partial charge in [-0.25, -0.2) is 0 Å². The maximum Gasteiger partial charge on any atom is 0.282 e. The molecule has 2 aliphatic rings. The summed E-state index contributed by atoms with van der Waals surface area (Å²) in [5.74, 6) is 0.717. The summed E-state index contributed by atoms with van der Waals surface area (Å²) < 4.78 is 33.6. The molecule has 2 fully saturated rings. The van der Waals surface area contributed by atoms with Crippen molar-refractivity contribution in [1.29, 1.82) is 0 Å². The number of ether oxygens (including phenoxy) is 1. The van der Waals surface area contributed by atoms with Crippen LogP contribution in [0, 0.1) is 5.92 Å². The Morgan fingerprint density at radius 1 is 0.963 bits per heavy atom. The van der Waals surface area contributed by atoms with E-state index in [-0.39, 0.29) is 11.9 Å². The van der Waals surface area contributed by atoms with Crippen LogP contribution in [-0.4, -0.2) is 92.9 Å². The number of rotatable bonds is 9. The maximum absolute atomic E-state index is 12.7. The van der Waals surface area contributed by atoms with Crippen LogP contribution in [0.15, 0.2) is 0 Å². The lowest BCUT2D eigenvalue weighted by atomic mass is 10.0. The van der Waals surface area contributed by atoms with E-state index in [0.29, 0.717) is 64.9 Å². The van der Waals surface area contributed by atoms with E-state index in [4.69, 9.17) is 4.74 Å². The predicted molar refractivity (Wildman–Crippen MR) is 106 cm³/mol. The number of morpholine rings is 1. The highest BCUT2D eigenvalue weighted by Crippen LogP contribution is 2.14. The number of nitrogens with one attached hydrogen (secondary N) is 1. The fourth-order valence-corrected chi connectivity index (χ4v) is 5.05. The van der Waals surface area contributed by atoms with Gasteiger partial charge in [-0.15, -0.1) is 0 Å². The number of hydrogen-bond acceptors (Lipinski definition) is 5. The molecule has 0 spiro atoms. The molecular formula is C18H36N4O4S. The highest BCUT2D eigenvalue weighted by atomic mass is 32.2. The lowest BCUT2D eigenvalue weighted by Crippen LogP contribution is -2.56. The van der Waals surface area contributed by atoms with Gasteiger partial charge in [0.1, 0.15) is 0 Å². The van der Waals surface area contributed by atoms with E-state index in [9.17, 15) is 13.2 Å². The van der Waals surface area contributed by atoms with Crippen molar-refractivity contribution in [2.75, 3.05) is 59.0 Å². The first-order chi connectivity index (χ1) is 12.8. The van der Waals surface area contributed by atoms with Crippen LogP contribution < -0.4 is 5.32 Å². The average Bonchev–Trinajstić information content (AvgIpc) is 2.62. The maximum atomic E-state index is 12.7. The van der Waals surface area contributed by atoms with Crippen LogP contribution in [0.4, 0.5) is 0 Å². The van der Waals surface area contributed by atoms with Gasteiger partial charge < -0.3 is 10.1 Å². The summed E-state index contributed by atoms with van der Waals surface area (Å²) >= 11 is 0. The van der Waals surface area contributed by atoms with Crippen molar-refractivity contribution in [2.45, 2.75) is 46.1 Å². The first-order valence-electron chi connectivity index (χ1n) is 10.1. The molecule has 0 aromatic rings. The van der Waals surface area contributed by atoms with E-state index in [2.05, 4.69) is 19.2 Å². The average molecular weight is 405 g/mol. The van der Waals surface area contributed by atoms with E-state index in [1.807, 2.05) is 11.8 Å². The Morgan fingerprint density at radius 3 is 2.15 bits per heavy atom. The summed E-state index contributed by atoms with van der Waals surface area (Å²) in [6, 6.07) is 0.180. The normalized spacial score (nSPS) is 22.1. The van der Waals surface area contributed by atoms with Gasteiger partial charge in [0.25, 0.3) is 10.2 Å². The lowest BCUT2D eigenvalue weighted by Gasteiger charge is -2.37. The Hall–Kier alpha value is -0.740. The van der Waals surface area contributed by atoms with E-state index in [0.717, 1.165) is 12.8 Å². The first-order valence-corrected chi connectivity index (χ1v) is 11.5. The van der Waals surface area contributed by atoms with Crippen LogP contribution in [0.3, 0.4) is 0 Å². The zero-order valence-corrected chi connectivity index (χ0v) is 17.8. The molecule has 0 bridgehead atoms. The third-order valence-corrected chi connectivity index (χ3v) is 7.18. The van der Waals surface area contributed by atoms with Gasteiger partial charge >= 0.3 is 0 Å². The molecule has 8 nitrogen and oxygen atoms in total. The molecule has 0 aliphatic carbocycles. The molecule has 9 heteroatoms. The topological polar surface area (TPSA) is 82.2 Å². The summed E-state index contributed by atoms with van der Waals surface area (Å²) in [6.07, 6.45) is 3.30. The molecule has 1 unspecified atom stereocenters. The molecule has 2 heterocycles. The first kappa shape index (κ1) is 22.5. The van der Waals surface area contributed by atoms with Gasteiger partial charge in [-0.3, -0.25) is 9.69 Å². The summed E-state index contributed by atoms with van der Waals surface area (Å²) in [6.45, 7) is 10.6. The fraction of sp³-hybridized carbons (Fsp3) is 0.944. The van der Waals surface area contributed by atoms with Crippen molar-refractivity contribution in [3.63, 3.8) is 0 Å². The second-order valence-electron chi connectivity index (χ2n) is 7.99. The Labute approximate surface area is 164 Å². The van der Waals surface area contributed by atoms with E-state index < -0.39 is 10.2 Å². The smallest absolute Gasteiger partial charge is 0.282 e. The lowest BCUT2D eigenvalue weighted by molar-refractivity contribution is -0.123. The summed E-state index contributed by atoms with van der Waals surface area (Å²) in [5, 5.41) is 3.06. The Balaban J connectivity index is 1.70. The minimum Gasteiger partial charge on any atom is -0.379 e. The van der Waals surface area contributed by atoms with Crippen LogP contribution in [0.1, 0.15) is 40.0 Å². The molecule has 1 atom stereocenters. The van der Waals surface area contributed by atoms with E-state index >= 15 is 0 Å². The molecule has 0 saturated carbocycles. The Morgan fingerprint density at radius 2 is 1.56 bits per heavy atom. The quantitative estimate of drug-likeness (QED) is 0.606. The van der Waals surface area contributed by atoms with Crippen molar-refractivity contribution in [3.05, 3.63) is 0 Å². The third-order valence-electron chi connectivity index (χ3n) is 5.15. The van der Waals surface area contributed by atoms with Gasteiger partial charge in [-0.2, -0.15) is 17.0 Å². The summed E-state index contributed by atoms with van der Waals surface area (Å²) in [5.41, 5.74) is 0. The molecule has 2 aliphatic heterocycles. The highest BCUT2D eigenvalue weighted by Gasteiger charge is 2.33. The highest BCUT2D eigenvalue weighted by molar-refractivity contribution is 7.86. The van der Waals surface area contributed by atoms with Crippen LogP contribution in [0.5, 0.6) is 0 Å². The number of amides is 1. The fourth-order valence-electron chi connectivity index (χ4n) is 3.49. The van der Waals surface area contributed by atoms with Crippen molar-refractivity contribution in [1.82, 2.24) is 18.8 Å². The molecule has 0 aromatic carbocycles. The SMILES string of the molecule is CC(C)CCCC(C)NC(=O)CN1CCN(S(=O)(=O)N2CCOCC2)CC1. The molecule has 1 amide bonds. The van der Waals surface area contributed by atoms with Crippen LogP contribution in [0.2, 0.25) is 0 Å². The van der Waals surface area contributed by atoms with Gasteiger partial charge in [0, 0.05) is 45.3 Å². The number of nitrogens with zero attached hydrogens (tertiary/aromatic N) is 3. The van der Waals surface area contributed by atoms with Crippen molar-refractivity contribution in [3.8, 4) is 0 Å². The predicted octanol–water partition coefficient (Wildman–Crippen LogP) is 0.512. The zero-order chi connectivity index (χ0) is 19.9. The molecule has 158 valence electrons. The zero-order valence-electron chi connectivity index (χ0n) is 17.0. The molecular weight excluding hydrogens is 368 g/mol. The largest absolute Gasteiger partial charge is 0.379 e. The summed E-state index contributed by atoms with van der Waals surface area (Å²) in [4.78, 5) is 14.3. The minimum atomic E-state index is -3.41. The van der Waals surface area contributed by atoms with Gasteiger partial charge in [-0.1, -0.05) is 26.7 Å². The van der Waals surface area contributed by atoms with Crippen molar-refractivity contribution >= 4 is 16.1 Å². The second-order valence-corrected chi connectivity index (χ2v) is 9.92. The standard InChI is InChI=1S/C18H36N4O4S/c1-16(2)5-4-6-17(3)19-18(23)15-20-7-9-21(10-8-20)27(24,25)22-11-13-26-14-12-22/h16-17H,4-15H2,1-3H3,(H,19,23). The molecule has 2 rings (SSSR count). The van der Waals surface area contributed by atoms with Crippen LogP contribution in [0.25, 0.3) is 0 Å². The minimum absolute atomic E-state index is 0.0246. The summed E-state index contributed by atoms with van der Waals surface area (Å²) in [7, 11) is -3.41. The Kier molecular flexibility index (Phi) is 8.94. The van der Waals surface area contributed by atoms with Gasteiger partial charge in [0.15, 0.2) is 0 Å². The van der Waals surface area contributed by atoms with Crippen molar-refractivity contribution in [2.24, 2.45) is 5.92 Å². The van der Waals surface area contributed by atoms with Crippen LogP contribution in [-0.2, 0) is 19.7 Å². The number of carbonyl (C=O) groups excluding carboxylic acids is 1. The number of carbonyl (C=O) groups is 1. The van der Waals surface area contributed by atoms with Gasteiger partial charge in [-0.05, 0) is 19.3 Å². The molecule has 2 saturated heterocycles. The van der Waals surface area contributed by atoms with Crippen LogP contribution >= 0.6 is 0 Å². The number of piperazine rings is 1. The molecule has 0 aromatic heterocycles. The Bertz CT molecular complexity index is 556. The van der Waals surface area contributed by atoms with E-state index in [1.165, 1.54) is 15.0 Å². The molecule has 0 radical (unpaired) electrons. The third kappa shape index (κ3) is 7.30. The van der Waals surface area contributed by atoms with Gasteiger partial charge in [0.2, 0.25) is 5.91 Å². The van der Waals surface area contributed by atoms with E-state index in [1.54, 1.807) is 0 Å². The molecule has 1 N–H and O–H groups in total. The van der Waals surface area contributed by atoms with Gasteiger partial charge in [0.05, 0.1) is 19.8 Å². The van der Waals surface area contributed by atoms with Crippen molar-refractivity contribution < 1.29 is 17.9 Å².